The monoisotopic (exact) mass is 289 g/mol. The number of carbonyl (C=O) groups is 1. The van der Waals surface area contributed by atoms with E-state index in [9.17, 15) is 9.90 Å². The summed E-state index contributed by atoms with van der Waals surface area (Å²) in [5.41, 5.74) is 1.01. The van der Waals surface area contributed by atoms with Crippen LogP contribution in [0.25, 0.3) is 0 Å². The number of aliphatic hydroxyl groups excluding tert-OH is 1. The minimum atomic E-state index is -0.642. The summed E-state index contributed by atoms with van der Waals surface area (Å²) in [4.78, 5) is 12.0. The molecule has 3 rings (SSSR count). The molecule has 0 aromatic heterocycles. The van der Waals surface area contributed by atoms with Gasteiger partial charge in [-0.1, -0.05) is 6.07 Å². The molecule has 0 radical (unpaired) electrons. The largest absolute Gasteiger partial charge is 0.388 e. The first-order chi connectivity index (χ1) is 10.2. The number of fused-ring (bicyclic) bond motifs is 1. The van der Waals surface area contributed by atoms with Crippen LogP contribution in [0.3, 0.4) is 0 Å². The molecule has 0 saturated carbocycles. The number of rotatable bonds is 2. The second-order valence-corrected chi connectivity index (χ2v) is 5.06. The van der Waals surface area contributed by atoms with Crippen molar-refractivity contribution in [3.05, 3.63) is 29.8 Å². The minimum absolute atomic E-state index is 0.222. The zero-order valence-electron chi connectivity index (χ0n) is 11.2. The average Bonchev–Trinajstić information content (AvgIpc) is 3.03. The third-order valence-corrected chi connectivity index (χ3v) is 3.59. The van der Waals surface area contributed by atoms with Gasteiger partial charge in [0.2, 0.25) is 0 Å². The molecule has 4 unspecified atom stereocenters. The van der Waals surface area contributed by atoms with E-state index in [-0.39, 0.29) is 24.9 Å². The molecule has 2 aliphatic heterocycles. The Hall–Kier alpha value is -2.14. The Morgan fingerprint density at radius 1 is 1.33 bits per heavy atom. The summed E-state index contributed by atoms with van der Waals surface area (Å²) in [6.07, 6.45) is -1.34. The molecule has 3 N–H and O–H groups in total. The zero-order chi connectivity index (χ0) is 14.8. The van der Waals surface area contributed by atoms with Gasteiger partial charge in [-0.3, -0.25) is 0 Å². The lowest BCUT2D eigenvalue weighted by Gasteiger charge is -2.17. The summed E-state index contributed by atoms with van der Waals surface area (Å²) < 4.78 is 10.9. The average molecular weight is 289 g/mol. The Morgan fingerprint density at radius 2 is 2.14 bits per heavy atom. The first-order valence-corrected chi connectivity index (χ1v) is 6.66. The van der Waals surface area contributed by atoms with Crippen LogP contribution in [-0.2, 0) is 9.47 Å². The molecule has 7 heteroatoms. The van der Waals surface area contributed by atoms with Gasteiger partial charge in [0.05, 0.1) is 30.9 Å². The number of hydrogen-bond acceptors (Lipinski definition) is 5. The molecule has 2 heterocycles. The number of hydrogen-bond donors (Lipinski definition) is 3. The number of carbonyl (C=O) groups excluding carboxylic acids is 1. The van der Waals surface area contributed by atoms with Crippen molar-refractivity contribution in [2.75, 3.05) is 18.5 Å². The lowest BCUT2D eigenvalue weighted by molar-refractivity contribution is 0.0180. The molecule has 2 amide bonds. The highest BCUT2D eigenvalue weighted by atomic mass is 16.6. The highest BCUT2D eigenvalue weighted by molar-refractivity contribution is 5.89. The highest BCUT2D eigenvalue weighted by Gasteiger charge is 2.47. The van der Waals surface area contributed by atoms with Gasteiger partial charge >= 0.3 is 6.03 Å². The van der Waals surface area contributed by atoms with Crippen LogP contribution in [0.2, 0.25) is 0 Å². The Balaban J connectivity index is 1.58. The van der Waals surface area contributed by atoms with Crippen molar-refractivity contribution in [3.8, 4) is 6.07 Å². The van der Waals surface area contributed by atoms with Crippen LogP contribution >= 0.6 is 0 Å². The van der Waals surface area contributed by atoms with Crippen molar-refractivity contribution in [1.82, 2.24) is 5.32 Å². The smallest absolute Gasteiger partial charge is 0.319 e. The Bertz CT molecular complexity index is 586. The summed E-state index contributed by atoms with van der Waals surface area (Å²) in [6.45, 7) is 0.525. The molecule has 0 bridgehead atoms. The van der Waals surface area contributed by atoms with Gasteiger partial charge in [0.25, 0.3) is 0 Å². The Kier molecular flexibility index (Phi) is 3.75. The quantitative estimate of drug-likeness (QED) is 0.722. The summed E-state index contributed by atoms with van der Waals surface area (Å²) in [5, 5.41) is 23.9. The molecule has 110 valence electrons. The molecule has 1 aromatic rings. The van der Waals surface area contributed by atoms with Crippen LogP contribution < -0.4 is 10.6 Å². The van der Waals surface area contributed by atoms with E-state index in [0.717, 1.165) is 0 Å². The van der Waals surface area contributed by atoms with Crippen LogP contribution in [0.15, 0.2) is 24.3 Å². The van der Waals surface area contributed by atoms with Gasteiger partial charge in [-0.05, 0) is 18.2 Å². The molecule has 2 saturated heterocycles. The highest BCUT2D eigenvalue weighted by Crippen LogP contribution is 2.26. The molecule has 0 spiro atoms. The minimum Gasteiger partial charge on any atom is -0.388 e. The van der Waals surface area contributed by atoms with Crippen molar-refractivity contribution in [2.45, 2.75) is 24.4 Å². The van der Waals surface area contributed by atoms with Crippen molar-refractivity contribution in [1.29, 1.82) is 5.26 Å². The maximum absolute atomic E-state index is 12.0. The van der Waals surface area contributed by atoms with Gasteiger partial charge in [-0.2, -0.15) is 5.26 Å². The Labute approximate surface area is 121 Å². The Morgan fingerprint density at radius 3 is 2.95 bits per heavy atom. The predicted molar refractivity (Wildman–Crippen MR) is 72.6 cm³/mol. The van der Waals surface area contributed by atoms with Crippen LogP contribution in [0.4, 0.5) is 10.5 Å². The van der Waals surface area contributed by atoms with E-state index < -0.39 is 12.1 Å². The maximum atomic E-state index is 12.0. The molecule has 0 aliphatic carbocycles. The number of benzene rings is 1. The number of anilines is 1. The molecular weight excluding hydrogens is 274 g/mol. The number of nitriles is 1. The van der Waals surface area contributed by atoms with E-state index >= 15 is 0 Å². The summed E-state index contributed by atoms with van der Waals surface area (Å²) in [5.74, 6) is 0. The second-order valence-electron chi connectivity index (χ2n) is 5.06. The third kappa shape index (κ3) is 2.83. The molecule has 2 fully saturated rings. The van der Waals surface area contributed by atoms with Gasteiger partial charge in [-0.15, -0.1) is 0 Å². The van der Waals surface area contributed by atoms with E-state index in [4.69, 9.17) is 14.7 Å². The zero-order valence-corrected chi connectivity index (χ0v) is 11.2. The van der Waals surface area contributed by atoms with Crippen molar-refractivity contribution in [3.63, 3.8) is 0 Å². The third-order valence-electron chi connectivity index (χ3n) is 3.59. The lowest BCUT2D eigenvalue weighted by Crippen LogP contribution is -2.46. The van der Waals surface area contributed by atoms with E-state index in [1.165, 1.54) is 0 Å². The van der Waals surface area contributed by atoms with E-state index in [1.807, 2.05) is 6.07 Å². The molecule has 1 aromatic carbocycles. The van der Waals surface area contributed by atoms with E-state index in [0.29, 0.717) is 17.9 Å². The number of amides is 2. The number of nitrogens with one attached hydrogen (secondary N) is 2. The molecular formula is C14H15N3O4. The molecule has 21 heavy (non-hydrogen) atoms. The molecule has 4 atom stereocenters. The molecule has 2 aliphatic rings. The van der Waals surface area contributed by atoms with Crippen LogP contribution in [-0.4, -0.2) is 48.7 Å². The fourth-order valence-corrected chi connectivity index (χ4v) is 2.60. The van der Waals surface area contributed by atoms with Crippen LogP contribution in [0, 0.1) is 11.3 Å². The van der Waals surface area contributed by atoms with Crippen LogP contribution in [0.1, 0.15) is 5.56 Å². The topological polar surface area (TPSA) is 104 Å². The van der Waals surface area contributed by atoms with Gasteiger partial charge in [0.15, 0.2) is 0 Å². The van der Waals surface area contributed by atoms with Gasteiger partial charge in [0, 0.05) is 5.69 Å². The number of urea groups is 1. The number of aliphatic hydroxyl groups is 1. The summed E-state index contributed by atoms with van der Waals surface area (Å²) in [6, 6.07) is 7.95. The summed E-state index contributed by atoms with van der Waals surface area (Å²) >= 11 is 0. The molecule has 7 nitrogen and oxygen atoms in total. The van der Waals surface area contributed by atoms with Gasteiger partial charge < -0.3 is 25.2 Å². The van der Waals surface area contributed by atoms with Gasteiger partial charge in [0.1, 0.15) is 18.3 Å². The predicted octanol–water partition coefficient (Wildman–Crippen LogP) is 0.207. The SMILES string of the molecule is N#Cc1cccc(NC(=O)NC2COC3C(O)COC23)c1. The normalized spacial score (nSPS) is 30.5. The van der Waals surface area contributed by atoms with E-state index in [1.54, 1.807) is 24.3 Å². The lowest BCUT2D eigenvalue weighted by atomic mass is 10.1. The number of ether oxygens (including phenoxy) is 2. The summed E-state index contributed by atoms with van der Waals surface area (Å²) in [7, 11) is 0. The first-order valence-electron chi connectivity index (χ1n) is 6.66. The fraction of sp³-hybridized carbons (Fsp3) is 0.429. The van der Waals surface area contributed by atoms with Crippen molar-refractivity contribution >= 4 is 11.7 Å². The fourth-order valence-electron chi connectivity index (χ4n) is 2.60. The van der Waals surface area contributed by atoms with Crippen molar-refractivity contribution < 1.29 is 19.4 Å². The van der Waals surface area contributed by atoms with E-state index in [2.05, 4.69) is 10.6 Å². The second kappa shape index (κ2) is 5.69. The maximum Gasteiger partial charge on any atom is 0.319 e. The van der Waals surface area contributed by atoms with Crippen molar-refractivity contribution in [2.24, 2.45) is 0 Å². The van der Waals surface area contributed by atoms with Gasteiger partial charge in [-0.25, -0.2) is 4.79 Å². The van der Waals surface area contributed by atoms with Crippen LogP contribution in [0.5, 0.6) is 0 Å². The first kappa shape index (κ1) is 13.8. The number of nitrogens with zero attached hydrogens (tertiary/aromatic N) is 1. The standard InChI is InChI=1S/C14H15N3O4/c15-5-8-2-1-3-9(4-8)16-14(19)17-10-6-20-13-11(18)7-21-12(10)13/h1-4,10-13,18H,6-7H2,(H2,16,17,19).